The molecule has 1 fully saturated rings. The molecule has 0 aliphatic carbocycles. The third kappa shape index (κ3) is 5.39. The molecule has 0 aromatic heterocycles. The van der Waals surface area contributed by atoms with Gasteiger partial charge in [-0.25, -0.2) is 4.39 Å². The van der Waals surface area contributed by atoms with Crippen molar-refractivity contribution in [1.82, 2.24) is 15.1 Å². The number of nitrogens with zero attached hydrogens (tertiary/aromatic N) is 2. The summed E-state index contributed by atoms with van der Waals surface area (Å²) >= 11 is 0. The number of nitrogens with one attached hydrogen (secondary N) is 1. The molecule has 1 N–H and O–H groups in total. The lowest BCUT2D eigenvalue weighted by Gasteiger charge is -2.22. The van der Waals surface area contributed by atoms with E-state index in [2.05, 4.69) is 41.4 Å². The maximum Gasteiger partial charge on any atom is 0.254 e. The molecule has 0 unspecified atom stereocenters. The lowest BCUT2D eigenvalue weighted by molar-refractivity contribution is -0.130. The fourth-order valence-corrected chi connectivity index (χ4v) is 3.34. The van der Waals surface area contributed by atoms with Gasteiger partial charge in [-0.2, -0.15) is 0 Å². The Morgan fingerprint density at radius 2 is 1.75 bits per heavy atom. The van der Waals surface area contributed by atoms with Crippen molar-refractivity contribution in [2.75, 3.05) is 32.7 Å². The van der Waals surface area contributed by atoms with E-state index < -0.39 is 11.7 Å². The normalized spacial score (nSPS) is 15.1. The average Bonchev–Trinajstić information content (AvgIpc) is 2.93. The van der Waals surface area contributed by atoms with Crippen molar-refractivity contribution in [2.45, 2.75) is 19.9 Å². The zero-order valence-corrected chi connectivity index (χ0v) is 16.2. The highest BCUT2D eigenvalue weighted by atomic mass is 19.1. The number of aryl methyl sites for hydroxylation is 1. The molecule has 3 rings (SSSR count). The third-order valence-corrected chi connectivity index (χ3v) is 4.99. The number of halogens is 1. The molecule has 0 atom stereocenters. The maximum atomic E-state index is 13.7. The van der Waals surface area contributed by atoms with E-state index in [1.165, 1.54) is 29.3 Å². The van der Waals surface area contributed by atoms with Crippen molar-refractivity contribution >= 4 is 11.8 Å². The predicted octanol–water partition coefficient (Wildman–Crippen LogP) is 2.60. The van der Waals surface area contributed by atoms with Crippen molar-refractivity contribution < 1.29 is 14.0 Å². The van der Waals surface area contributed by atoms with Crippen LogP contribution in [0.3, 0.4) is 0 Å². The second-order valence-corrected chi connectivity index (χ2v) is 7.16. The predicted molar refractivity (Wildman–Crippen MR) is 106 cm³/mol. The summed E-state index contributed by atoms with van der Waals surface area (Å²) in [5, 5.41) is 2.53. The summed E-state index contributed by atoms with van der Waals surface area (Å²) in [4.78, 5) is 28.7. The van der Waals surface area contributed by atoms with Gasteiger partial charge in [0, 0.05) is 32.7 Å². The Balaban J connectivity index is 1.48. The van der Waals surface area contributed by atoms with E-state index in [4.69, 9.17) is 0 Å². The Bertz CT molecular complexity index is 823. The van der Waals surface area contributed by atoms with Gasteiger partial charge in [0.15, 0.2) is 0 Å². The molecule has 2 aromatic carbocycles. The highest BCUT2D eigenvalue weighted by Crippen LogP contribution is 2.11. The number of amides is 2. The second kappa shape index (κ2) is 9.46. The first-order chi connectivity index (χ1) is 13.5. The van der Waals surface area contributed by atoms with Crippen LogP contribution in [0.1, 0.15) is 27.9 Å². The van der Waals surface area contributed by atoms with Crippen LogP contribution < -0.4 is 5.32 Å². The molecule has 0 saturated carbocycles. The minimum Gasteiger partial charge on any atom is -0.343 e. The summed E-state index contributed by atoms with van der Waals surface area (Å²) in [7, 11) is 0. The minimum absolute atomic E-state index is 0.0459. The van der Waals surface area contributed by atoms with Gasteiger partial charge in [0.1, 0.15) is 5.82 Å². The summed E-state index contributed by atoms with van der Waals surface area (Å²) in [6, 6.07) is 14.3. The van der Waals surface area contributed by atoms with Gasteiger partial charge < -0.3 is 10.2 Å². The van der Waals surface area contributed by atoms with Crippen molar-refractivity contribution in [1.29, 1.82) is 0 Å². The van der Waals surface area contributed by atoms with E-state index in [0.717, 1.165) is 26.1 Å². The summed E-state index contributed by atoms with van der Waals surface area (Å²) in [6.45, 7) is 5.83. The number of carbonyl (C=O) groups is 2. The number of hydrogen-bond acceptors (Lipinski definition) is 3. The Morgan fingerprint density at radius 1 is 1.00 bits per heavy atom. The van der Waals surface area contributed by atoms with Crippen LogP contribution in [-0.2, 0) is 11.3 Å². The molecule has 2 aromatic rings. The largest absolute Gasteiger partial charge is 0.343 e. The van der Waals surface area contributed by atoms with Crippen LogP contribution in [0.4, 0.5) is 4.39 Å². The molecule has 1 aliphatic rings. The van der Waals surface area contributed by atoms with E-state index in [0.29, 0.717) is 13.1 Å². The van der Waals surface area contributed by atoms with E-state index >= 15 is 0 Å². The minimum atomic E-state index is -0.589. The molecule has 148 valence electrons. The van der Waals surface area contributed by atoms with Crippen LogP contribution in [0.25, 0.3) is 0 Å². The Hall–Kier alpha value is -2.73. The zero-order valence-electron chi connectivity index (χ0n) is 16.2. The first-order valence-corrected chi connectivity index (χ1v) is 9.61. The molecule has 6 heteroatoms. The molecule has 1 heterocycles. The lowest BCUT2D eigenvalue weighted by Crippen LogP contribution is -2.42. The van der Waals surface area contributed by atoms with Crippen LogP contribution in [0.15, 0.2) is 48.5 Å². The number of benzene rings is 2. The van der Waals surface area contributed by atoms with Crippen molar-refractivity contribution in [3.63, 3.8) is 0 Å². The fraction of sp³-hybridized carbons (Fsp3) is 0.364. The number of hydrogen-bond donors (Lipinski definition) is 1. The quantitative estimate of drug-likeness (QED) is 0.864. The molecule has 28 heavy (non-hydrogen) atoms. The highest BCUT2D eigenvalue weighted by Gasteiger charge is 2.20. The van der Waals surface area contributed by atoms with Gasteiger partial charge in [-0.1, -0.05) is 42.0 Å². The van der Waals surface area contributed by atoms with E-state index in [9.17, 15) is 14.0 Å². The van der Waals surface area contributed by atoms with Gasteiger partial charge in [0.05, 0.1) is 12.1 Å². The summed E-state index contributed by atoms with van der Waals surface area (Å²) in [5.74, 6) is -1.29. The molecule has 0 bridgehead atoms. The van der Waals surface area contributed by atoms with Gasteiger partial charge >= 0.3 is 0 Å². The monoisotopic (exact) mass is 383 g/mol. The molecular formula is C22H26FN3O2. The zero-order chi connectivity index (χ0) is 19.9. The first kappa shape index (κ1) is 20.0. The smallest absolute Gasteiger partial charge is 0.254 e. The molecule has 0 radical (unpaired) electrons. The molecule has 1 saturated heterocycles. The Morgan fingerprint density at radius 3 is 2.50 bits per heavy atom. The van der Waals surface area contributed by atoms with E-state index in [1.54, 1.807) is 11.0 Å². The van der Waals surface area contributed by atoms with Crippen molar-refractivity contribution in [3.8, 4) is 0 Å². The molecule has 0 spiro atoms. The summed E-state index contributed by atoms with van der Waals surface area (Å²) in [6.07, 6.45) is 0.888. The maximum absolute atomic E-state index is 13.7. The van der Waals surface area contributed by atoms with Crippen LogP contribution in [0, 0.1) is 12.7 Å². The SMILES string of the molecule is Cc1ccc(CN2CCCN(C(=O)CNC(=O)c3ccccc3F)CC2)cc1. The second-order valence-electron chi connectivity index (χ2n) is 7.16. The fourth-order valence-electron chi connectivity index (χ4n) is 3.34. The van der Waals surface area contributed by atoms with Crippen LogP contribution >= 0.6 is 0 Å². The number of rotatable bonds is 5. The molecule has 5 nitrogen and oxygen atoms in total. The summed E-state index contributed by atoms with van der Waals surface area (Å²) in [5.41, 5.74) is 2.46. The van der Waals surface area contributed by atoms with Crippen molar-refractivity contribution in [3.05, 3.63) is 71.0 Å². The van der Waals surface area contributed by atoms with Crippen LogP contribution in [0.5, 0.6) is 0 Å². The van der Waals surface area contributed by atoms with Crippen LogP contribution in [0.2, 0.25) is 0 Å². The van der Waals surface area contributed by atoms with Gasteiger partial charge in [0.25, 0.3) is 5.91 Å². The summed E-state index contributed by atoms with van der Waals surface area (Å²) < 4.78 is 13.7. The van der Waals surface area contributed by atoms with Gasteiger partial charge in [-0.3, -0.25) is 14.5 Å². The lowest BCUT2D eigenvalue weighted by atomic mass is 10.1. The van der Waals surface area contributed by atoms with Gasteiger partial charge in [-0.05, 0) is 31.0 Å². The molecular weight excluding hydrogens is 357 g/mol. The topological polar surface area (TPSA) is 52.6 Å². The van der Waals surface area contributed by atoms with Crippen molar-refractivity contribution in [2.24, 2.45) is 0 Å². The molecule has 2 amide bonds. The molecule has 1 aliphatic heterocycles. The van der Waals surface area contributed by atoms with E-state index in [-0.39, 0.29) is 18.0 Å². The standard InChI is InChI=1S/C22H26FN3O2/c1-17-7-9-18(10-8-17)16-25-11-4-12-26(14-13-25)21(27)15-24-22(28)19-5-2-3-6-20(19)23/h2-3,5-10H,4,11-16H2,1H3,(H,24,28). The Labute approximate surface area is 165 Å². The van der Waals surface area contributed by atoms with Gasteiger partial charge in [0.2, 0.25) is 5.91 Å². The Kier molecular flexibility index (Phi) is 6.76. The number of carbonyl (C=O) groups excluding carboxylic acids is 2. The van der Waals surface area contributed by atoms with E-state index in [1.807, 2.05) is 0 Å². The third-order valence-electron chi connectivity index (χ3n) is 4.99. The van der Waals surface area contributed by atoms with Crippen LogP contribution in [-0.4, -0.2) is 54.3 Å². The van der Waals surface area contributed by atoms with Gasteiger partial charge in [-0.15, -0.1) is 0 Å². The average molecular weight is 383 g/mol. The first-order valence-electron chi connectivity index (χ1n) is 9.61. The highest BCUT2D eigenvalue weighted by molar-refractivity contribution is 5.96.